The Hall–Kier alpha value is -2.46. The van der Waals surface area contributed by atoms with Gasteiger partial charge in [-0.2, -0.15) is 5.26 Å². The van der Waals surface area contributed by atoms with Gasteiger partial charge in [-0.05, 0) is 50.7 Å². The van der Waals surface area contributed by atoms with Crippen molar-refractivity contribution in [2.24, 2.45) is 5.16 Å². The molecule has 3 rings (SSSR count). The first kappa shape index (κ1) is 18.3. The number of aromatic nitrogens is 1. The van der Waals surface area contributed by atoms with Gasteiger partial charge >= 0.3 is 0 Å². The van der Waals surface area contributed by atoms with Crippen molar-refractivity contribution in [2.45, 2.75) is 56.7 Å². The van der Waals surface area contributed by atoms with E-state index in [9.17, 15) is 4.79 Å². The fourth-order valence-electron chi connectivity index (χ4n) is 3.53. The van der Waals surface area contributed by atoms with E-state index in [2.05, 4.69) is 21.5 Å². The quantitative estimate of drug-likeness (QED) is 0.621. The molecule has 1 N–H and O–H groups in total. The van der Waals surface area contributed by atoms with Gasteiger partial charge in [-0.15, -0.1) is 0 Å². The summed E-state index contributed by atoms with van der Waals surface area (Å²) < 4.78 is 0. The topological polar surface area (TPSA) is 90.6 Å². The molecule has 1 saturated carbocycles. The number of hydrogen-bond donors (Lipinski definition) is 1. The normalized spacial score (nSPS) is 26.0. The molecule has 1 aliphatic carbocycles. The molecule has 0 bridgehead atoms. The maximum atomic E-state index is 12.3. The van der Waals surface area contributed by atoms with Crippen molar-refractivity contribution < 1.29 is 9.63 Å². The molecule has 0 spiro atoms. The molecule has 0 unspecified atom stereocenters. The Balaban J connectivity index is 1.34. The summed E-state index contributed by atoms with van der Waals surface area (Å²) in [4.78, 5) is 23.7. The molecular formula is C19H25N5O2. The lowest BCUT2D eigenvalue weighted by atomic mass is 9.93. The summed E-state index contributed by atoms with van der Waals surface area (Å²) in [5.74, 6) is 0.0346. The van der Waals surface area contributed by atoms with Gasteiger partial charge in [0.25, 0.3) is 0 Å². The number of nitrogens with one attached hydrogen (secondary N) is 1. The third-order valence-corrected chi connectivity index (χ3v) is 5.02. The highest BCUT2D eigenvalue weighted by Crippen LogP contribution is 2.22. The Morgan fingerprint density at radius 1 is 1.38 bits per heavy atom. The summed E-state index contributed by atoms with van der Waals surface area (Å²) in [7, 11) is 0. The second-order valence-electron chi connectivity index (χ2n) is 6.82. The van der Waals surface area contributed by atoms with Crippen LogP contribution in [0.3, 0.4) is 0 Å². The SMILES string of the molecule is N#C[C@@H]1CCCN1C(=O)CNC1CCC(O/N=C/c2ccccn2)CC1. The molecule has 2 fully saturated rings. The number of carbonyl (C=O) groups excluding carboxylic acids is 1. The number of carbonyl (C=O) groups is 1. The number of nitriles is 1. The van der Waals surface area contributed by atoms with Crippen LogP contribution in [0.25, 0.3) is 0 Å². The van der Waals surface area contributed by atoms with E-state index in [1.165, 1.54) is 0 Å². The van der Waals surface area contributed by atoms with Gasteiger partial charge in [0, 0.05) is 18.8 Å². The van der Waals surface area contributed by atoms with Gasteiger partial charge in [0.05, 0.1) is 24.5 Å². The summed E-state index contributed by atoms with van der Waals surface area (Å²) in [6.45, 7) is 1.01. The molecule has 1 aromatic rings. The Labute approximate surface area is 154 Å². The van der Waals surface area contributed by atoms with Crippen molar-refractivity contribution in [1.82, 2.24) is 15.2 Å². The highest BCUT2D eigenvalue weighted by molar-refractivity contribution is 5.79. The zero-order valence-electron chi connectivity index (χ0n) is 14.9. The minimum absolute atomic E-state index is 0.0346. The van der Waals surface area contributed by atoms with E-state index in [1.807, 2.05) is 18.2 Å². The van der Waals surface area contributed by atoms with Crippen molar-refractivity contribution in [3.8, 4) is 6.07 Å². The van der Waals surface area contributed by atoms with Crippen LogP contribution < -0.4 is 5.32 Å². The first-order valence-electron chi connectivity index (χ1n) is 9.29. The Bertz CT molecular complexity index is 650. The predicted molar refractivity (Wildman–Crippen MR) is 97.3 cm³/mol. The van der Waals surface area contributed by atoms with Gasteiger partial charge in [0.1, 0.15) is 12.1 Å². The average molecular weight is 355 g/mol. The zero-order chi connectivity index (χ0) is 18.2. The van der Waals surface area contributed by atoms with E-state index in [-0.39, 0.29) is 18.1 Å². The van der Waals surface area contributed by atoms with Crippen LogP contribution >= 0.6 is 0 Å². The van der Waals surface area contributed by atoms with Crippen molar-refractivity contribution in [1.29, 1.82) is 5.26 Å². The number of pyridine rings is 1. The number of likely N-dealkylation sites (tertiary alicyclic amines) is 1. The Morgan fingerprint density at radius 3 is 2.96 bits per heavy atom. The van der Waals surface area contributed by atoms with Crippen LogP contribution in [0.1, 0.15) is 44.2 Å². The standard InChI is InChI=1S/C19H25N5O2/c20-12-17-5-3-11-24(17)19(25)14-22-15-6-8-18(9-7-15)26-23-13-16-4-1-2-10-21-16/h1-2,4,10,13,15,17-18,22H,3,5-9,11,14H2/b23-13+/t15?,17-,18?/m0/s1. The molecule has 0 aromatic carbocycles. The number of nitrogens with zero attached hydrogens (tertiary/aromatic N) is 4. The van der Waals surface area contributed by atoms with Gasteiger partial charge in [-0.1, -0.05) is 11.2 Å². The molecular weight excluding hydrogens is 330 g/mol. The fraction of sp³-hybridized carbons (Fsp3) is 0.579. The summed E-state index contributed by atoms with van der Waals surface area (Å²) in [6.07, 6.45) is 8.93. The molecule has 7 heteroatoms. The van der Waals surface area contributed by atoms with Crippen molar-refractivity contribution in [3.63, 3.8) is 0 Å². The van der Waals surface area contributed by atoms with Crippen molar-refractivity contribution in [2.75, 3.05) is 13.1 Å². The second kappa shape index (κ2) is 9.30. The lowest BCUT2D eigenvalue weighted by molar-refractivity contribution is -0.130. The fourth-order valence-corrected chi connectivity index (χ4v) is 3.53. The number of rotatable bonds is 6. The van der Waals surface area contributed by atoms with Crippen LogP contribution in [-0.4, -0.2) is 53.3 Å². The number of hydrogen-bond acceptors (Lipinski definition) is 6. The number of oxime groups is 1. The lowest BCUT2D eigenvalue weighted by Crippen LogP contribution is -2.44. The predicted octanol–water partition coefficient (Wildman–Crippen LogP) is 1.85. The van der Waals surface area contributed by atoms with Crippen LogP contribution in [0.4, 0.5) is 0 Å². The molecule has 7 nitrogen and oxygen atoms in total. The second-order valence-corrected chi connectivity index (χ2v) is 6.82. The Kier molecular flexibility index (Phi) is 6.56. The van der Waals surface area contributed by atoms with Gasteiger partial charge in [0.15, 0.2) is 0 Å². The van der Waals surface area contributed by atoms with Gasteiger partial charge in [-0.3, -0.25) is 9.78 Å². The van der Waals surface area contributed by atoms with E-state index < -0.39 is 0 Å². The van der Waals surface area contributed by atoms with Crippen LogP contribution in [-0.2, 0) is 9.63 Å². The molecule has 1 saturated heterocycles. The van der Waals surface area contributed by atoms with Crippen molar-refractivity contribution in [3.05, 3.63) is 30.1 Å². The number of amides is 1. The van der Waals surface area contributed by atoms with E-state index >= 15 is 0 Å². The molecule has 2 aliphatic rings. The Morgan fingerprint density at radius 2 is 2.23 bits per heavy atom. The van der Waals surface area contributed by atoms with E-state index in [1.54, 1.807) is 17.3 Å². The van der Waals surface area contributed by atoms with Crippen LogP contribution in [0, 0.1) is 11.3 Å². The van der Waals surface area contributed by atoms with Gasteiger partial charge < -0.3 is 15.1 Å². The minimum atomic E-state index is -0.245. The lowest BCUT2D eigenvalue weighted by Gasteiger charge is -2.28. The van der Waals surface area contributed by atoms with Gasteiger partial charge in [0.2, 0.25) is 5.91 Å². The summed E-state index contributed by atoms with van der Waals surface area (Å²) in [5, 5.41) is 16.5. The highest BCUT2D eigenvalue weighted by Gasteiger charge is 2.29. The molecule has 138 valence electrons. The zero-order valence-corrected chi connectivity index (χ0v) is 14.9. The molecule has 1 aliphatic heterocycles. The largest absolute Gasteiger partial charge is 0.392 e. The minimum Gasteiger partial charge on any atom is -0.392 e. The molecule has 1 aromatic heterocycles. The summed E-state index contributed by atoms with van der Waals surface area (Å²) in [5.41, 5.74) is 0.777. The molecule has 2 heterocycles. The first-order chi connectivity index (χ1) is 12.8. The highest BCUT2D eigenvalue weighted by atomic mass is 16.6. The van der Waals surface area contributed by atoms with E-state index in [0.717, 1.165) is 44.2 Å². The third kappa shape index (κ3) is 5.02. The smallest absolute Gasteiger partial charge is 0.237 e. The van der Waals surface area contributed by atoms with Crippen LogP contribution in [0.15, 0.2) is 29.6 Å². The maximum Gasteiger partial charge on any atom is 0.237 e. The summed E-state index contributed by atoms with van der Waals surface area (Å²) in [6, 6.07) is 7.94. The molecule has 0 radical (unpaired) electrons. The molecule has 1 amide bonds. The maximum absolute atomic E-state index is 12.3. The van der Waals surface area contributed by atoms with E-state index in [4.69, 9.17) is 10.1 Å². The monoisotopic (exact) mass is 355 g/mol. The summed E-state index contributed by atoms with van der Waals surface area (Å²) >= 11 is 0. The molecule has 1 atom stereocenters. The van der Waals surface area contributed by atoms with E-state index in [0.29, 0.717) is 19.1 Å². The van der Waals surface area contributed by atoms with Crippen LogP contribution in [0.5, 0.6) is 0 Å². The van der Waals surface area contributed by atoms with Crippen LogP contribution in [0.2, 0.25) is 0 Å². The van der Waals surface area contributed by atoms with Gasteiger partial charge in [-0.25, -0.2) is 0 Å². The average Bonchev–Trinajstić information content (AvgIpc) is 3.17. The first-order valence-corrected chi connectivity index (χ1v) is 9.29. The molecule has 26 heavy (non-hydrogen) atoms. The third-order valence-electron chi connectivity index (χ3n) is 5.02. The van der Waals surface area contributed by atoms with Crippen molar-refractivity contribution >= 4 is 12.1 Å².